The van der Waals surface area contributed by atoms with Crippen molar-refractivity contribution in [1.29, 1.82) is 0 Å². The molecule has 1 fully saturated rings. The van der Waals surface area contributed by atoms with Gasteiger partial charge in [0, 0.05) is 30.6 Å². The maximum atomic E-state index is 12.8. The van der Waals surface area contributed by atoms with Crippen molar-refractivity contribution >= 4 is 32.7 Å². The Labute approximate surface area is 176 Å². The number of ether oxygens (including phenoxy) is 2. The molecule has 1 aromatic carbocycles. The van der Waals surface area contributed by atoms with Gasteiger partial charge in [-0.3, -0.25) is 4.79 Å². The highest BCUT2D eigenvalue weighted by Gasteiger charge is 2.35. The summed E-state index contributed by atoms with van der Waals surface area (Å²) in [7, 11) is -1.62. The standard InChI is InChI=1S/C21H27NO7S/c1-3-4-10-22(15-9-11-30(25,26)14-15)19(23)13-28-21(24)20-17(12-27-2)16-7-5-6-8-18(16)29-20/h5-8,15H,3-4,9-14H2,1-2H3/t15-/m1/s1. The Kier molecular flexibility index (Phi) is 7.14. The lowest BCUT2D eigenvalue weighted by atomic mass is 10.1. The highest BCUT2D eigenvalue weighted by atomic mass is 32.2. The number of nitrogens with zero attached hydrogens (tertiary/aromatic N) is 1. The number of hydrogen-bond acceptors (Lipinski definition) is 7. The van der Waals surface area contributed by atoms with Crippen molar-refractivity contribution in [3.05, 3.63) is 35.6 Å². The summed E-state index contributed by atoms with van der Waals surface area (Å²) in [4.78, 5) is 26.9. The molecule has 9 heteroatoms. The first kappa shape index (κ1) is 22.3. The fourth-order valence-electron chi connectivity index (χ4n) is 3.69. The van der Waals surface area contributed by atoms with E-state index in [9.17, 15) is 18.0 Å². The number of unbranched alkanes of at least 4 members (excludes halogenated alkanes) is 1. The van der Waals surface area contributed by atoms with Gasteiger partial charge in [-0.05, 0) is 18.9 Å². The summed E-state index contributed by atoms with van der Waals surface area (Å²) in [5.41, 5.74) is 1.10. The summed E-state index contributed by atoms with van der Waals surface area (Å²) in [6.45, 7) is 2.13. The normalized spacial score (nSPS) is 17.9. The quantitative estimate of drug-likeness (QED) is 0.555. The number of sulfone groups is 1. The van der Waals surface area contributed by atoms with Gasteiger partial charge in [-0.1, -0.05) is 31.5 Å². The molecule has 1 aliphatic heterocycles. The number of esters is 1. The second kappa shape index (κ2) is 9.61. The molecule has 0 spiro atoms. The van der Waals surface area contributed by atoms with Crippen molar-refractivity contribution in [2.45, 2.75) is 38.8 Å². The molecule has 0 bridgehead atoms. The van der Waals surface area contributed by atoms with E-state index in [1.165, 1.54) is 12.0 Å². The van der Waals surface area contributed by atoms with Crippen molar-refractivity contribution in [2.75, 3.05) is 31.8 Å². The molecule has 1 atom stereocenters. The van der Waals surface area contributed by atoms with Crippen LogP contribution in [0.25, 0.3) is 11.0 Å². The topological polar surface area (TPSA) is 103 Å². The average molecular weight is 438 g/mol. The van der Waals surface area contributed by atoms with Crippen LogP contribution >= 0.6 is 0 Å². The average Bonchev–Trinajstić information content (AvgIpc) is 3.27. The molecule has 1 aliphatic rings. The Bertz CT molecular complexity index is 1010. The molecule has 0 saturated carbocycles. The fourth-order valence-corrected chi connectivity index (χ4v) is 5.42. The second-order valence-electron chi connectivity index (χ2n) is 7.41. The molecule has 0 N–H and O–H groups in total. The van der Waals surface area contributed by atoms with Crippen molar-refractivity contribution in [3.63, 3.8) is 0 Å². The Morgan fingerprint density at radius 1 is 1.27 bits per heavy atom. The van der Waals surface area contributed by atoms with E-state index in [1.807, 2.05) is 19.1 Å². The first-order chi connectivity index (χ1) is 14.4. The Morgan fingerprint density at radius 3 is 2.70 bits per heavy atom. The van der Waals surface area contributed by atoms with E-state index >= 15 is 0 Å². The molecule has 3 rings (SSSR count). The van der Waals surface area contributed by atoms with Crippen LogP contribution in [-0.2, 0) is 30.7 Å². The highest BCUT2D eigenvalue weighted by molar-refractivity contribution is 7.91. The van der Waals surface area contributed by atoms with Crippen molar-refractivity contribution in [2.24, 2.45) is 0 Å². The van der Waals surface area contributed by atoms with Gasteiger partial charge in [-0.15, -0.1) is 0 Å². The molecule has 0 unspecified atom stereocenters. The van der Waals surface area contributed by atoms with Gasteiger partial charge >= 0.3 is 5.97 Å². The zero-order chi connectivity index (χ0) is 21.7. The van der Waals surface area contributed by atoms with Gasteiger partial charge in [0.1, 0.15) is 5.58 Å². The third kappa shape index (κ3) is 5.02. The van der Waals surface area contributed by atoms with Gasteiger partial charge in [0.2, 0.25) is 5.76 Å². The number of hydrogen-bond donors (Lipinski definition) is 0. The number of amides is 1. The minimum atomic E-state index is -3.13. The van der Waals surface area contributed by atoms with Crippen LogP contribution in [0.5, 0.6) is 0 Å². The summed E-state index contributed by atoms with van der Waals surface area (Å²) in [6.07, 6.45) is 2.02. The second-order valence-corrected chi connectivity index (χ2v) is 9.64. The maximum absolute atomic E-state index is 12.8. The van der Waals surface area contributed by atoms with E-state index in [-0.39, 0.29) is 29.9 Å². The van der Waals surface area contributed by atoms with Crippen LogP contribution in [0.3, 0.4) is 0 Å². The molecule has 2 aromatic rings. The van der Waals surface area contributed by atoms with Crippen LogP contribution in [0.15, 0.2) is 28.7 Å². The molecule has 1 saturated heterocycles. The summed E-state index contributed by atoms with van der Waals surface area (Å²) >= 11 is 0. The fraction of sp³-hybridized carbons (Fsp3) is 0.524. The first-order valence-corrected chi connectivity index (χ1v) is 11.8. The number of benzene rings is 1. The minimum absolute atomic E-state index is 0.00871. The van der Waals surface area contributed by atoms with Gasteiger partial charge in [-0.25, -0.2) is 13.2 Å². The number of furan rings is 1. The molecular weight excluding hydrogens is 410 g/mol. The van der Waals surface area contributed by atoms with Crippen LogP contribution in [0, 0.1) is 0 Å². The highest BCUT2D eigenvalue weighted by Crippen LogP contribution is 2.27. The third-order valence-corrected chi connectivity index (χ3v) is 6.97. The van der Waals surface area contributed by atoms with E-state index in [0.717, 1.165) is 18.2 Å². The summed E-state index contributed by atoms with van der Waals surface area (Å²) in [6, 6.07) is 6.81. The molecule has 1 aromatic heterocycles. The van der Waals surface area contributed by atoms with Crippen LogP contribution in [-0.4, -0.2) is 63.0 Å². The van der Waals surface area contributed by atoms with Gasteiger partial charge < -0.3 is 18.8 Å². The molecule has 8 nitrogen and oxygen atoms in total. The van der Waals surface area contributed by atoms with E-state index < -0.39 is 28.3 Å². The SMILES string of the molecule is CCCCN(C(=O)COC(=O)c1oc2ccccc2c1COC)[C@@H]1CCS(=O)(=O)C1. The largest absolute Gasteiger partial charge is 0.450 e. The summed E-state index contributed by atoms with van der Waals surface area (Å²) < 4.78 is 39.7. The van der Waals surface area contributed by atoms with Gasteiger partial charge in [0.05, 0.1) is 18.1 Å². The van der Waals surface area contributed by atoms with E-state index in [2.05, 4.69) is 0 Å². The zero-order valence-corrected chi connectivity index (χ0v) is 18.1. The lowest BCUT2D eigenvalue weighted by molar-refractivity contribution is -0.136. The number of rotatable bonds is 9. The molecular formula is C21H27NO7S. The molecule has 164 valence electrons. The van der Waals surface area contributed by atoms with Gasteiger partial charge in [0.25, 0.3) is 5.91 Å². The van der Waals surface area contributed by atoms with Crippen LogP contribution < -0.4 is 0 Å². The van der Waals surface area contributed by atoms with Crippen LogP contribution in [0.2, 0.25) is 0 Å². The molecule has 0 radical (unpaired) electrons. The summed E-state index contributed by atoms with van der Waals surface area (Å²) in [5.74, 6) is -1.11. The predicted molar refractivity (Wildman–Crippen MR) is 111 cm³/mol. The van der Waals surface area contributed by atoms with E-state index in [0.29, 0.717) is 24.1 Å². The van der Waals surface area contributed by atoms with Crippen molar-refractivity contribution in [1.82, 2.24) is 4.90 Å². The lowest BCUT2D eigenvalue weighted by Crippen LogP contribution is -2.43. The Morgan fingerprint density at radius 2 is 2.03 bits per heavy atom. The lowest BCUT2D eigenvalue weighted by Gasteiger charge is -2.28. The summed E-state index contributed by atoms with van der Waals surface area (Å²) in [5, 5.41) is 0.748. The van der Waals surface area contributed by atoms with Crippen molar-refractivity contribution < 1.29 is 31.9 Å². The minimum Gasteiger partial charge on any atom is -0.450 e. The molecule has 2 heterocycles. The monoisotopic (exact) mass is 437 g/mol. The third-order valence-electron chi connectivity index (χ3n) is 5.22. The number of para-hydroxylation sites is 1. The number of fused-ring (bicyclic) bond motifs is 1. The van der Waals surface area contributed by atoms with Gasteiger partial charge in [-0.2, -0.15) is 0 Å². The first-order valence-electron chi connectivity index (χ1n) is 10.0. The van der Waals surface area contributed by atoms with Crippen LogP contribution in [0.4, 0.5) is 0 Å². The maximum Gasteiger partial charge on any atom is 0.375 e. The van der Waals surface area contributed by atoms with E-state index in [4.69, 9.17) is 13.9 Å². The number of carbonyl (C=O) groups excluding carboxylic acids is 2. The van der Waals surface area contributed by atoms with E-state index in [1.54, 1.807) is 12.1 Å². The van der Waals surface area contributed by atoms with Crippen LogP contribution in [0.1, 0.15) is 42.3 Å². The Balaban J connectivity index is 1.71. The molecule has 1 amide bonds. The predicted octanol–water partition coefficient (Wildman–Crippen LogP) is 2.55. The number of methoxy groups -OCH3 is 1. The number of carbonyl (C=O) groups is 2. The smallest absolute Gasteiger partial charge is 0.375 e. The molecule has 30 heavy (non-hydrogen) atoms. The Hall–Kier alpha value is -2.39. The molecule has 0 aliphatic carbocycles. The van der Waals surface area contributed by atoms with Gasteiger partial charge in [0.15, 0.2) is 16.4 Å². The zero-order valence-electron chi connectivity index (χ0n) is 17.3. The van der Waals surface area contributed by atoms with Crippen molar-refractivity contribution in [3.8, 4) is 0 Å².